The second-order valence-electron chi connectivity index (χ2n) is 4.58. The quantitative estimate of drug-likeness (QED) is 0.750. The molecule has 0 saturated carbocycles. The predicted octanol–water partition coefficient (Wildman–Crippen LogP) is 1.85. The molecule has 0 unspecified atom stereocenters. The molecule has 0 rings (SSSR count). The van der Waals surface area contributed by atoms with Gasteiger partial charge in [-0.3, -0.25) is 4.79 Å². The number of hydrogen-bond donors (Lipinski definition) is 1. The van der Waals surface area contributed by atoms with Crippen LogP contribution in [0.5, 0.6) is 0 Å². The number of esters is 1. The summed E-state index contributed by atoms with van der Waals surface area (Å²) >= 11 is 0. The van der Waals surface area contributed by atoms with Crippen LogP contribution in [-0.4, -0.2) is 30.3 Å². The zero-order valence-electron chi connectivity index (χ0n) is 10.6. The first-order valence-electron chi connectivity index (χ1n) is 5.39. The van der Waals surface area contributed by atoms with Gasteiger partial charge in [0.05, 0.1) is 6.04 Å². The van der Waals surface area contributed by atoms with Gasteiger partial charge in [0.25, 0.3) is 0 Å². The molecule has 0 aliphatic carbocycles. The molecule has 0 radical (unpaired) electrons. The van der Waals surface area contributed by atoms with Gasteiger partial charge < -0.3 is 14.8 Å². The van der Waals surface area contributed by atoms with Gasteiger partial charge in [0, 0.05) is 6.42 Å². The summed E-state index contributed by atoms with van der Waals surface area (Å²) in [6.45, 7) is 8.98. The van der Waals surface area contributed by atoms with Crippen molar-refractivity contribution in [2.45, 2.75) is 52.7 Å². The van der Waals surface area contributed by atoms with Crippen molar-refractivity contribution in [3.63, 3.8) is 0 Å². The van der Waals surface area contributed by atoms with Crippen molar-refractivity contribution in [2.75, 3.05) is 6.61 Å². The zero-order chi connectivity index (χ0) is 12.8. The van der Waals surface area contributed by atoms with Crippen LogP contribution in [0.2, 0.25) is 0 Å². The smallest absolute Gasteiger partial charge is 0.407 e. The van der Waals surface area contributed by atoms with Gasteiger partial charge in [-0.1, -0.05) is 6.92 Å². The highest BCUT2D eigenvalue weighted by Gasteiger charge is 2.17. The number of amides is 1. The summed E-state index contributed by atoms with van der Waals surface area (Å²) in [6, 6.07) is -0.259. The molecule has 0 bridgehead atoms. The Morgan fingerprint density at radius 2 is 1.88 bits per heavy atom. The average molecular weight is 231 g/mol. The lowest BCUT2D eigenvalue weighted by Gasteiger charge is -2.21. The van der Waals surface area contributed by atoms with Gasteiger partial charge in [-0.15, -0.1) is 0 Å². The second-order valence-corrected chi connectivity index (χ2v) is 4.58. The van der Waals surface area contributed by atoms with Crippen molar-refractivity contribution in [1.29, 1.82) is 0 Å². The minimum Gasteiger partial charge on any atom is -0.464 e. The molecule has 1 atom stereocenters. The molecule has 0 aromatic rings. The fourth-order valence-electron chi connectivity index (χ4n) is 0.870. The topological polar surface area (TPSA) is 64.6 Å². The van der Waals surface area contributed by atoms with E-state index in [1.807, 2.05) is 0 Å². The highest BCUT2D eigenvalue weighted by atomic mass is 16.6. The molecule has 0 aliphatic heterocycles. The molecule has 94 valence electrons. The third-order valence-electron chi connectivity index (χ3n) is 1.55. The van der Waals surface area contributed by atoms with Crippen LogP contribution in [0.15, 0.2) is 0 Å². The molecule has 0 aromatic carbocycles. The summed E-state index contributed by atoms with van der Waals surface area (Å²) in [5, 5.41) is 2.58. The van der Waals surface area contributed by atoms with Crippen LogP contribution in [0, 0.1) is 0 Å². The highest BCUT2D eigenvalue weighted by molar-refractivity contribution is 5.69. The Labute approximate surface area is 96.5 Å². The Morgan fingerprint density at radius 3 is 2.31 bits per heavy atom. The molecule has 0 aliphatic rings. The third-order valence-corrected chi connectivity index (χ3v) is 1.55. The SMILES string of the molecule is CCC(=O)OC[C@@H](C)NC(=O)OC(C)(C)C. The maximum atomic E-state index is 11.3. The minimum atomic E-state index is -0.524. The molecular formula is C11H21NO4. The third kappa shape index (κ3) is 8.08. The van der Waals surface area contributed by atoms with Crippen molar-refractivity contribution in [3.8, 4) is 0 Å². The van der Waals surface area contributed by atoms with E-state index < -0.39 is 11.7 Å². The number of nitrogens with one attached hydrogen (secondary N) is 1. The first-order valence-corrected chi connectivity index (χ1v) is 5.39. The number of alkyl carbamates (subject to hydrolysis) is 1. The van der Waals surface area contributed by atoms with Gasteiger partial charge in [-0.25, -0.2) is 4.79 Å². The van der Waals surface area contributed by atoms with Gasteiger partial charge in [-0.2, -0.15) is 0 Å². The van der Waals surface area contributed by atoms with Gasteiger partial charge in [-0.05, 0) is 27.7 Å². The standard InChI is InChI=1S/C11H21NO4/c1-6-9(13)15-7-8(2)12-10(14)16-11(3,4)5/h8H,6-7H2,1-5H3,(H,12,14)/t8-/m1/s1. The van der Waals surface area contributed by atoms with E-state index in [4.69, 9.17) is 9.47 Å². The highest BCUT2D eigenvalue weighted by Crippen LogP contribution is 2.06. The molecule has 5 nitrogen and oxygen atoms in total. The fourth-order valence-corrected chi connectivity index (χ4v) is 0.870. The van der Waals surface area contributed by atoms with E-state index in [0.29, 0.717) is 6.42 Å². The van der Waals surface area contributed by atoms with E-state index in [-0.39, 0.29) is 18.6 Å². The van der Waals surface area contributed by atoms with Crippen molar-refractivity contribution in [3.05, 3.63) is 0 Å². The van der Waals surface area contributed by atoms with E-state index >= 15 is 0 Å². The van der Waals surface area contributed by atoms with E-state index in [9.17, 15) is 9.59 Å². The maximum Gasteiger partial charge on any atom is 0.407 e. The number of hydrogen-bond acceptors (Lipinski definition) is 4. The van der Waals surface area contributed by atoms with Gasteiger partial charge in [0.15, 0.2) is 0 Å². The summed E-state index contributed by atoms with van der Waals surface area (Å²) in [4.78, 5) is 22.2. The molecule has 0 heterocycles. The van der Waals surface area contributed by atoms with Crippen LogP contribution in [0.25, 0.3) is 0 Å². The van der Waals surface area contributed by atoms with Crippen molar-refractivity contribution < 1.29 is 19.1 Å². The van der Waals surface area contributed by atoms with Crippen LogP contribution < -0.4 is 5.32 Å². The Balaban J connectivity index is 3.83. The summed E-state index contributed by atoms with van der Waals surface area (Å²) in [5.74, 6) is -0.280. The fraction of sp³-hybridized carbons (Fsp3) is 0.818. The molecule has 0 spiro atoms. The normalized spacial score (nSPS) is 12.8. The van der Waals surface area contributed by atoms with Gasteiger partial charge in [0.2, 0.25) is 0 Å². The van der Waals surface area contributed by atoms with Crippen LogP contribution in [0.4, 0.5) is 4.79 Å². The summed E-state index contributed by atoms with van der Waals surface area (Å²) in [5.41, 5.74) is -0.524. The van der Waals surface area contributed by atoms with Crippen molar-refractivity contribution >= 4 is 12.1 Å². The Morgan fingerprint density at radius 1 is 1.31 bits per heavy atom. The number of rotatable bonds is 4. The molecule has 5 heteroatoms. The largest absolute Gasteiger partial charge is 0.464 e. The first kappa shape index (κ1) is 14.7. The first-order chi connectivity index (χ1) is 7.24. The molecule has 0 fully saturated rings. The lowest BCUT2D eigenvalue weighted by atomic mass is 10.2. The van der Waals surface area contributed by atoms with E-state index in [1.165, 1.54) is 0 Å². The van der Waals surface area contributed by atoms with Gasteiger partial charge in [0.1, 0.15) is 12.2 Å². The lowest BCUT2D eigenvalue weighted by molar-refractivity contribution is -0.143. The average Bonchev–Trinajstić information content (AvgIpc) is 2.10. The van der Waals surface area contributed by atoms with E-state index in [1.54, 1.807) is 34.6 Å². The van der Waals surface area contributed by atoms with Crippen LogP contribution in [0.3, 0.4) is 0 Å². The minimum absolute atomic E-state index is 0.159. The Bertz CT molecular complexity index is 245. The molecule has 0 saturated heterocycles. The molecule has 16 heavy (non-hydrogen) atoms. The van der Waals surface area contributed by atoms with Crippen LogP contribution in [-0.2, 0) is 14.3 Å². The monoisotopic (exact) mass is 231 g/mol. The molecule has 1 N–H and O–H groups in total. The lowest BCUT2D eigenvalue weighted by Crippen LogP contribution is -2.40. The second kappa shape index (κ2) is 6.35. The molecule has 1 amide bonds. The number of ether oxygens (including phenoxy) is 2. The summed E-state index contributed by atoms with van der Waals surface area (Å²) in [7, 11) is 0. The van der Waals surface area contributed by atoms with Crippen LogP contribution >= 0.6 is 0 Å². The van der Waals surface area contributed by atoms with E-state index in [0.717, 1.165) is 0 Å². The van der Waals surface area contributed by atoms with Gasteiger partial charge >= 0.3 is 12.1 Å². The van der Waals surface area contributed by atoms with E-state index in [2.05, 4.69) is 5.32 Å². The molecule has 0 aromatic heterocycles. The Hall–Kier alpha value is -1.26. The molecular weight excluding hydrogens is 210 g/mol. The predicted molar refractivity (Wildman–Crippen MR) is 60.1 cm³/mol. The van der Waals surface area contributed by atoms with Crippen molar-refractivity contribution in [2.24, 2.45) is 0 Å². The summed E-state index contributed by atoms with van der Waals surface area (Å²) < 4.78 is 9.93. The maximum absolute atomic E-state index is 11.3. The number of carbonyl (C=O) groups is 2. The number of carbonyl (C=O) groups excluding carboxylic acids is 2. The van der Waals surface area contributed by atoms with Crippen LogP contribution in [0.1, 0.15) is 41.0 Å². The zero-order valence-corrected chi connectivity index (χ0v) is 10.6. The van der Waals surface area contributed by atoms with Crippen molar-refractivity contribution in [1.82, 2.24) is 5.32 Å². The Kier molecular flexibility index (Phi) is 5.85. The summed E-state index contributed by atoms with van der Waals surface area (Å²) in [6.07, 6.45) is -0.174.